The quantitative estimate of drug-likeness (QED) is 0.622. The van der Waals surface area contributed by atoms with Crippen LogP contribution in [0.2, 0.25) is 5.02 Å². The van der Waals surface area contributed by atoms with Crippen LogP contribution in [0.3, 0.4) is 0 Å². The second-order valence-electron chi connectivity index (χ2n) is 6.89. The molecule has 2 aromatic carbocycles. The Morgan fingerprint density at radius 3 is 2.53 bits per heavy atom. The van der Waals surface area contributed by atoms with Gasteiger partial charge in [-0.2, -0.15) is 0 Å². The fraction of sp³-hybridized carbons (Fsp3) is 0.381. The Morgan fingerprint density at radius 2 is 1.87 bits per heavy atom. The van der Waals surface area contributed by atoms with E-state index in [9.17, 15) is 13.2 Å². The van der Waals surface area contributed by atoms with E-state index >= 15 is 0 Å². The summed E-state index contributed by atoms with van der Waals surface area (Å²) in [5.41, 5.74) is 1.31. The molecule has 0 spiro atoms. The lowest BCUT2D eigenvalue weighted by Gasteiger charge is -2.27. The molecule has 0 aromatic heterocycles. The molecule has 1 heterocycles. The summed E-state index contributed by atoms with van der Waals surface area (Å²) < 4.78 is 38.6. The van der Waals surface area contributed by atoms with E-state index < -0.39 is 10.0 Å². The van der Waals surface area contributed by atoms with Gasteiger partial charge in [0, 0.05) is 24.7 Å². The van der Waals surface area contributed by atoms with Crippen LogP contribution in [-0.2, 0) is 21.2 Å². The predicted octanol–water partition coefficient (Wildman–Crippen LogP) is 2.73. The first-order valence-electron chi connectivity index (χ1n) is 9.70. The van der Waals surface area contributed by atoms with Gasteiger partial charge in [0.2, 0.25) is 10.0 Å². The van der Waals surface area contributed by atoms with Crippen molar-refractivity contribution in [3.63, 3.8) is 0 Å². The van der Waals surface area contributed by atoms with E-state index in [0.717, 1.165) is 12.0 Å². The molecule has 1 amide bonds. The van der Waals surface area contributed by atoms with Crippen LogP contribution >= 0.6 is 11.6 Å². The zero-order valence-corrected chi connectivity index (χ0v) is 18.3. The van der Waals surface area contributed by atoms with Gasteiger partial charge < -0.3 is 14.4 Å². The highest BCUT2D eigenvalue weighted by atomic mass is 35.5. The van der Waals surface area contributed by atoms with Crippen molar-refractivity contribution >= 4 is 27.5 Å². The molecular formula is C21H25ClN2O5S. The molecule has 0 atom stereocenters. The van der Waals surface area contributed by atoms with Crippen LogP contribution < -0.4 is 9.46 Å². The van der Waals surface area contributed by atoms with E-state index in [1.807, 2.05) is 24.3 Å². The molecule has 162 valence electrons. The molecule has 2 aromatic rings. The number of hydrogen-bond donors (Lipinski definition) is 1. The highest BCUT2D eigenvalue weighted by Gasteiger charge is 2.24. The first-order valence-corrected chi connectivity index (χ1v) is 11.6. The van der Waals surface area contributed by atoms with Crippen molar-refractivity contribution in [1.82, 2.24) is 9.62 Å². The van der Waals surface area contributed by atoms with Gasteiger partial charge in [-0.15, -0.1) is 0 Å². The van der Waals surface area contributed by atoms with Crippen LogP contribution in [0, 0.1) is 0 Å². The molecule has 0 bridgehead atoms. The molecule has 0 radical (unpaired) electrons. The fourth-order valence-electron chi connectivity index (χ4n) is 3.19. The van der Waals surface area contributed by atoms with Crippen molar-refractivity contribution in [1.29, 1.82) is 0 Å². The maximum absolute atomic E-state index is 12.9. The van der Waals surface area contributed by atoms with E-state index in [1.54, 1.807) is 4.90 Å². The third-order valence-electron chi connectivity index (χ3n) is 4.86. The van der Waals surface area contributed by atoms with Gasteiger partial charge in [0.1, 0.15) is 5.75 Å². The number of sulfonamides is 1. The van der Waals surface area contributed by atoms with Gasteiger partial charge in [-0.1, -0.05) is 23.7 Å². The summed E-state index contributed by atoms with van der Waals surface area (Å²) in [5.74, 6) is 0.0723. The van der Waals surface area contributed by atoms with Gasteiger partial charge in [-0.05, 0) is 48.7 Å². The van der Waals surface area contributed by atoms with Gasteiger partial charge in [0.25, 0.3) is 5.91 Å². The minimum Gasteiger partial charge on any atom is -0.496 e. The molecule has 1 fully saturated rings. The minimum atomic E-state index is -3.76. The van der Waals surface area contributed by atoms with Crippen molar-refractivity contribution in [2.24, 2.45) is 0 Å². The zero-order chi connectivity index (χ0) is 21.6. The van der Waals surface area contributed by atoms with Crippen molar-refractivity contribution in [2.75, 3.05) is 40.0 Å². The van der Waals surface area contributed by atoms with Crippen LogP contribution in [0.15, 0.2) is 47.4 Å². The second-order valence-corrected chi connectivity index (χ2v) is 9.10. The molecule has 0 aliphatic carbocycles. The number of amides is 1. The van der Waals surface area contributed by atoms with E-state index in [-0.39, 0.29) is 22.9 Å². The standard InChI is InChI=1S/C21H25ClN2O5S/c1-28-20-9-8-18(15-19(20)21(25)24-11-13-29-14-12-24)30(26,27)23-10-2-3-16-4-6-17(22)7-5-16/h4-9,15,23H,2-3,10-14H2,1H3. The SMILES string of the molecule is COc1ccc(S(=O)(=O)NCCCc2ccc(Cl)cc2)cc1C(=O)N1CCOCC1. The summed E-state index contributed by atoms with van der Waals surface area (Å²) in [5, 5.41) is 0.668. The smallest absolute Gasteiger partial charge is 0.257 e. The lowest BCUT2D eigenvalue weighted by atomic mass is 10.1. The predicted molar refractivity (Wildman–Crippen MR) is 115 cm³/mol. The van der Waals surface area contributed by atoms with Gasteiger partial charge in [-0.3, -0.25) is 4.79 Å². The highest BCUT2D eigenvalue weighted by Crippen LogP contribution is 2.24. The number of carbonyl (C=O) groups excluding carboxylic acids is 1. The third kappa shape index (κ3) is 5.72. The van der Waals surface area contributed by atoms with Crippen molar-refractivity contribution in [3.8, 4) is 5.75 Å². The number of carbonyl (C=O) groups is 1. The Kier molecular flexibility index (Phi) is 7.71. The Labute approximate surface area is 182 Å². The molecule has 9 heteroatoms. The molecule has 30 heavy (non-hydrogen) atoms. The van der Waals surface area contributed by atoms with E-state index in [0.29, 0.717) is 43.5 Å². The van der Waals surface area contributed by atoms with Crippen LogP contribution in [0.25, 0.3) is 0 Å². The van der Waals surface area contributed by atoms with Crippen LogP contribution in [0.5, 0.6) is 5.75 Å². The molecule has 0 saturated carbocycles. The van der Waals surface area contributed by atoms with E-state index in [1.165, 1.54) is 25.3 Å². The Morgan fingerprint density at radius 1 is 1.17 bits per heavy atom. The van der Waals surface area contributed by atoms with Crippen molar-refractivity contribution in [2.45, 2.75) is 17.7 Å². The first-order chi connectivity index (χ1) is 14.4. The number of rotatable bonds is 8. The third-order valence-corrected chi connectivity index (χ3v) is 6.57. The Hall–Kier alpha value is -2.13. The summed E-state index contributed by atoms with van der Waals surface area (Å²) >= 11 is 5.87. The maximum Gasteiger partial charge on any atom is 0.257 e. The Bertz CT molecular complexity index is 973. The summed E-state index contributed by atoms with van der Waals surface area (Å²) in [4.78, 5) is 14.5. The van der Waals surface area contributed by atoms with Crippen molar-refractivity contribution < 1.29 is 22.7 Å². The zero-order valence-electron chi connectivity index (χ0n) is 16.8. The lowest BCUT2D eigenvalue weighted by molar-refractivity contribution is 0.0300. The largest absolute Gasteiger partial charge is 0.496 e. The Balaban J connectivity index is 1.67. The second kappa shape index (κ2) is 10.3. The molecular weight excluding hydrogens is 428 g/mol. The van der Waals surface area contributed by atoms with Crippen LogP contribution in [0.1, 0.15) is 22.3 Å². The van der Waals surface area contributed by atoms with Gasteiger partial charge >= 0.3 is 0 Å². The molecule has 1 saturated heterocycles. The topological polar surface area (TPSA) is 84.9 Å². The molecule has 1 aliphatic heterocycles. The average Bonchev–Trinajstić information content (AvgIpc) is 2.77. The summed E-state index contributed by atoms with van der Waals surface area (Å²) in [6, 6.07) is 11.8. The molecule has 1 aliphatic rings. The van der Waals surface area contributed by atoms with Crippen LogP contribution in [-0.4, -0.2) is 59.2 Å². The number of nitrogens with zero attached hydrogens (tertiary/aromatic N) is 1. The van der Waals surface area contributed by atoms with Gasteiger partial charge in [-0.25, -0.2) is 13.1 Å². The number of methoxy groups -OCH3 is 1. The lowest BCUT2D eigenvalue weighted by Crippen LogP contribution is -2.40. The number of halogens is 1. The number of hydrogen-bond acceptors (Lipinski definition) is 5. The van der Waals surface area contributed by atoms with E-state index in [2.05, 4.69) is 4.72 Å². The summed E-state index contributed by atoms with van der Waals surface area (Å²) in [6.45, 7) is 2.12. The monoisotopic (exact) mass is 452 g/mol. The number of morpholine rings is 1. The average molecular weight is 453 g/mol. The summed E-state index contributed by atoms with van der Waals surface area (Å²) in [6.07, 6.45) is 1.36. The summed E-state index contributed by atoms with van der Waals surface area (Å²) in [7, 11) is -2.30. The number of nitrogens with one attached hydrogen (secondary N) is 1. The van der Waals surface area contributed by atoms with E-state index in [4.69, 9.17) is 21.1 Å². The number of aryl methyl sites for hydroxylation is 1. The highest BCUT2D eigenvalue weighted by molar-refractivity contribution is 7.89. The van der Waals surface area contributed by atoms with Crippen LogP contribution in [0.4, 0.5) is 0 Å². The van der Waals surface area contributed by atoms with Crippen molar-refractivity contribution in [3.05, 3.63) is 58.6 Å². The van der Waals surface area contributed by atoms with Gasteiger partial charge in [0.15, 0.2) is 0 Å². The minimum absolute atomic E-state index is 0.0337. The molecule has 1 N–H and O–H groups in total. The normalized spacial score (nSPS) is 14.5. The fourth-order valence-corrected chi connectivity index (χ4v) is 4.42. The number of benzene rings is 2. The van der Waals surface area contributed by atoms with Gasteiger partial charge in [0.05, 0.1) is 30.8 Å². The number of ether oxygens (including phenoxy) is 2. The molecule has 7 nitrogen and oxygen atoms in total. The maximum atomic E-state index is 12.9. The molecule has 3 rings (SSSR count). The molecule has 0 unspecified atom stereocenters. The first kappa shape index (κ1) is 22.6.